The van der Waals surface area contributed by atoms with E-state index in [0.717, 1.165) is 11.8 Å². The summed E-state index contributed by atoms with van der Waals surface area (Å²) in [6, 6.07) is 12.7. The lowest BCUT2D eigenvalue weighted by molar-refractivity contribution is -0.117. The number of aromatic nitrogens is 2. The number of hydrogen-bond donors (Lipinski definition) is 1. The third kappa shape index (κ3) is 3.45. The van der Waals surface area contributed by atoms with Gasteiger partial charge in [0, 0.05) is 5.71 Å². The summed E-state index contributed by atoms with van der Waals surface area (Å²) in [5.74, 6) is -1.47. The molecule has 6 nitrogen and oxygen atoms in total. The van der Waals surface area contributed by atoms with Crippen molar-refractivity contribution < 1.29 is 4.79 Å². The van der Waals surface area contributed by atoms with E-state index in [9.17, 15) is 9.59 Å². The minimum Gasteiger partial charge on any atom is -0.308 e. The number of ketones is 1. The molecule has 0 fully saturated rings. The van der Waals surface area contributed by atoms with E-state index in [1.54, 1.807) is 23.6 Å². The monoisotopic (exact) mass is 382 g/mol. The quantitative estimate of drug-likeness (QED) is 0.401. The molecule has 0 saturated carbocycles. The van der Waals surface area contributed by atoms with Crippen LogP contribution in [0.5, 0.6) is 0 Å². The molecular weight excluding hydrogens is 368 g/mol. The van der Waals surface area contributed by atoms with Crippen molar-refractivity contribution in [3.05, 3.63) is 52.1 Å². The molecule has 2 heterocycles. The summed E-state index contributed by atoms with van der Waals surface area (Å²) in [4.78, 5) is 30.3. The summed E-state index contributed by atoms with van der Waals surface area (Å²) in [5.41, 5.74) is 0.478. The predicted molar refractivity (Wildman–Crippen MR) is 103 cm³/mol. The zero-order chi connectivity index (χ0) is 18.7. The summed E-state index contributed by atoms with van der Waals surface area (Å²) in [6.07, 6.45) is 0. The lowest BCUT2D eigenvalue weighted by Crippen LogP contribution is -2.24. The highest BCUT2D eigenvalue weighted by Gasteiger charge is 2.22. The lowest BCUT2D eigenvalue weighted by atomic mass is 10.0. The van der Waals surface area contributed by atoms with Gasteiger partial charge >= 0.3 is 0 Å². The molecule has 0 saturated heterocycles. The van der Waals surface area contributed by atoms with E-state index in [4.69, 9.17) is 10.7 Å². The van der Waals surface area contributed by atoms with Gasteiger partial charge in [-0.1, -0.05) is 30.0 Å². The van der Waals surface area contributed by atoms with E-state index in [0.29, 0.717) is 21.1 Å². The number of para-hydroxylation sites is 1. The van der Waals surface area contributed by atoms with Crippen LogP contribution in [0.4, 0.5) is 0 Å². The Kier molecular flexibility index (Phi) is 5.30. The number of nitrogens with one attached hydrogen (secondary N) is 1. The molecule has 0 amide bonds. The second-order valence-electron chi connectivity index (χ2n) is 5.51. The number of carbonyl (C=O) groups is 1. The van der Waals surface area contributed by atoms with Gasteiger partial charge in [0.05, 0.1) is 22.9 Å². The van der Waals surface area contributed by atoms with Crippen LogP contribution < -0.4 is 5.56 Å². The van der Waals surface area contributed by atoms with Gasteiger partial charge in [-0.25, -0.2) is 4.98 Å². The molecule has 0 aliphatic heterocycles. The van der Waals surface area contributed by atoms with Crippen molar-refractivity contribution in [2.75, 3.05) is 5.75 Å². The minimum atomic E-state index is -1.06. The van der Waals surface area contributed by atoms with E-state index >= 15 is 0 Å². The summed E-state index contributed by atoms with van der Waals surface area (Å²) in [6.45, 7) is 1.44. The van der Waals surface area contributed by atoms with E-state index in [-0.39, 0.29) is 22.8 Å². The fourth-order valence-corrected chi connectivity index (χ4v) is 4.15. The van der Waals surface area contributed by atoms with Crippen LogP contribution in [0.15, 0.2) is 51.7 Å². The van der Waals surface area contributed by atoms with Crippen LogP contribution in [-0.4, -0.2) is 26.8 Å². The van der Waals surface area contributed by atoms with Crippen molar-refractivity contribution >= 4 is 44.8 Å². The van der Waals surface area contributed by atoms with Gasteiger partial charge < -0.3 is 5.41 Å². The van der Waals surface area contributed by atoms with Crippen molar-refractivity contribution in [2.45, 2.75) is 12.1 Å². The molecule has 1 atom stereocenters. The zero-order valence-electron chi connectivity index (χ0n) is 13.8. The fraction of sp³-hybridized carbons (Fsp3) is 0.167. The second kappa shape index (κ2) is 7.64. The first-order chi connectivity index (χ1) is 12.5. The Balaban J connectivity index is 2.02. The van der Waals surface area contributed by atoms with Gasteiger partial charge in [0.25, 0.3) is 5.56 Å². The normalized spacial score (nSPS) is 11.8. The van der Waals surface area contributed by atoms with Crippen LogP contribution in [0.25, 0.3) is 15.9 Å². The van der Waals surface area contributed by atoms with Gasteiger partial charge in [-0.3, -0.25) is 14.2 Å². The molecule has 3 aromatic rings. The van der Waals surface area contributed by atoms with Gasteiger partial charge in [-0.2, -0.15) is 5.26 Å². The highest BCUT2D eigenvalue weighted by molar-refractivity contribution is 7.99. The molecule has 130 valence electrons. The van der Waals surface area contributed by atoms with Crippen LogP contribution in [0.3, 0.4) is 0 Å². The van der Waals surface area contributed by atoms with Crippen LogP contribution >= 0.6 is 23.1 Å². The summed E-state index contributed by atoms with van der Waals surface area (Å²) >= 11 is 2.47. The summed E-state index contributed by atoms with van der Waals surface area (Å²) < 4.78 is 1.48. The second-order valence-corrected chi connectivity index (χ2v) is 7.35. The van der Waals surface area contributed by atoms with Crippen LogP contribution in [-0.2, 0) is 4.79 Å². The number of nitriles is 1. The Bertz CT molecular complexity index is 1080. The van der Waals surface area contributed by atoms with Crippen LogP contribution in [0.1, 0.15) is 6.92 Å². The Morgan fingerprint density at radius 2 is 2.12 bits per heavy atom. The molecule has 1 unspecified atom stereocenters. The lowest BCUT2D eigenvalue weighted by Gasteiger charge is -2.12. The number of nitrogens with zero attached hydrogens (tertiary/aromatic N) is 3. The Hall–Kier alpha value is -2.76. The molecule has 1 N–H and O–H groups in total. The highest BCUT2D eigenvalue weighted by atomic mass is 32.2. The zero-order valence-corrected chi connectivity index (χ0v) is 15.4. The number of carbonyl (C=O) groups excluding carboxylic acids is 1. The number of fused-ring (bicyclic) bond motifs is 1. The smallest absolute Gasteiger partial charge is 0.267 e. The molecule has 0 aliphatic rings. The predicted octanol–water partition coefficient (Wildman–Crippen LogP) is 3.29. The van der Waals surface area contributed by atoms with Crippen molar-refractivity contribution in [3.63, 3.8) is 0 Å². The maximum Gasteiger partial charge on any atom is 0.267 e. The Labute approximate surface area is 157 Å². The summed E-state index contributed by atoms with van der Waals surface area (Å²) in [7, 11) is 0. The highest BCUT2D eigenvalue weighted by Crippen LogP contribution is 2.24. The van der Waals surface area contributed by atoms with Gasteiger partial charge in [0.15, 0.2) is 10.9 Å². The molecular formula is C18H14N4O2S2. The Morgan fingerprint density at radius 3 is 2.77 bits per heavy atom. The average molecular weight is 382 g/mol. The molecule has 0 spiro atoms. The van der Waals surface area contributed by atoms with Crippen LogP contribution in [0.2, 0.25) is 0 Å². The topological polar surface area (TPSA) is 99.6 Å². The summed E-state index contributed by atoms with van der Waals surface area (Å²) in [5, 5.41) is 19.3. The molecule has 26 heavy (non-hydrogen) atoms. The fourth-order valence-electron chi connectivity index (χ4n) is 2.43. The Morgan fingerprint density at radius 1 is 1.38 bits per heavy atom. The van der Waals surface area contributed by atoms with Crippen molar-refractivity contribution in [2.24, 2.45) is 5.92 Å². The van der Waals surface area contributed by atoms with Gasteiger partial charge in [0.1, 0.15) is 10.7 Å². The van der Waals surface area contributed by atoms with Crippen molar-refractivity contribution in [1.82, 2.24) is 9.55 Å². The number of Topliss-reactive ketones (excluding diaryl/α,β-unsaturated/α-hetero) is 1. The standard InChI is InChI=1S/C18H14N4O2S2/c1-11(20)14(9-19)15(23)10-26-18-21-16-13(7-8-25-16)17(24)22(18)12-5-3-2-4-6-12/h2-8,14,20H,10H2,1H3. The largest absolute Gasteiger partial charge is 0.308 e. The molecule has 0 aliphatic carbocycles. The molecule has 1 aromatic carbocycles. The molecule has 0 bridgehead atoms. The third-order valence-electron chi connectivity index (χ3n) is 3.71. The minimum absolute atomic E-state index is 0.0141. The maximum absolute atomic E-state index is 12.9. The van der Waals surface area contributed by atoms with Gasteiger partial charge in [-0.15, -0.1) is 11.3 Å². The molecule has 8 heteroatoms. The first-order valence-corrected chi connectivity index (χ1v) is 9.55. The number of rotatable bonds is 6. The number of thiophene rings is 1. The van der Waals surface area contributed by atoms with Crippen molar-refractivity contribution in [1.29, 1.82) is 10.7 Å². The maximum atomic E-state index is 12.9. The molecule has 0 radical (unpaired) electrons. The van der Waals surface area contributed by atoms with E-state index in [1.165, 1.54) is 22.8 Å². The van der Waals surface area contributed by atoms with Gasteiger partial charge in [0.2, 0.25) is 0 Å². The molecule has 2 aromatic heterocycles. The average Bonchev–Trinajstić information content (AvgIpc) is 3.10. The van der Waals surface area contributed by atoms with E-state index in [2.05, 4.69) is 4.98 Å². The first kappa shape index (κ1) is 18.0. The van der Waals surface area contributed by atoms with Crippen LogP contribution in [0, 0.1) is 22.7 Å². The van der Waals surface area contributed by atoms with Crippen molar-refractivity contribution in [3.8, 4) is 11.8 Å². The van der Waals surface area contributed by atoms with E-state index in [1.807, 2.05) is 24.3 Å². The number of thioether (sulfide) groups is 1. The molecule has 3 rings (SSSR count). The number of benzene rings is 1. The third-order valence-corrected chi connectivity index (χ3v) is 5.48. The van der Waals surface area contributed by atoms with E-state index < -0.39 is 5.92 Å². The number of hydrogen-bond acceptors (Lipinski definition) is 7. The first-order valence-electron chi connectivity index (χ1n) is 7.68. The van der Waals surface area contributed by atoms with Gasteiger partial charge in [-0.05, 0) is 30.5 Å². The SMILES string of the molecule is CC(=N)C(C#N)C(=O)CSc1nc2sccc2c(=O)n1-c1ccccc1.